The Morgan fingerprint density at radius 2 is 2.33 bits per heavy atom. The van der Waals surface area contributed by atoms with Gasteiger partial charge in [0.15, 0.2) is 5.11 Å². The van der Waals surface area contributed by atoms with Crippen molar-refractivity contribution in [1.82, 2.24) is 4.31 Å². The van der Waals surface area contributed by atoms with E-state index in [2.05, 4.69) is 32.0 Å². The van der Waals surface area contributed by atoms with Gasteiger partial charge in [0.2, 0.25) is 0 Å². The summed E-state index contributed by atoms with van der Waals surface area (Å²) in [4.78, 5) is 0. The third-order valence-corrected chi connectivity index (χ3v) is 1.75. The largest absolute Gasteiger partial charge is 0.375 e. The Kier molecular flexibility index (Phi) is 4.90. The summed E-state index contributed by atoms with van der Waals surface area (Å²) >= 11 is 8.68. The zero-order valence-corrected chi connectivity index (χ0v) is 7.21. The van der Waals surface area contributed by atoms with Crippen LogP contribution in [0.4, 0.5) is 0 Å². The molecular formula is C5H12N2S2. The molecule has 0 radical (unpaired) electrons. The van der Waals surface area contributed by atoms with Gasteiger partial charge in [-0.2, -0.15) is 0 Å². The number of hydrogen-bond donors (Lipinski definition) is 2. The molecule has 0 unspecified atom stereocenters. The molecule has 0 saturated carbocycles. The highest BCUT2D eigenvalue weighted by atomic mass is 32.1. The summed E-state index contributed by atoms with van der Waals surface area (Å²) in [7, 11) is 0. The molecule has 9 heavy (non-hydrogen) atoms. The van der Waals surface area contributed by atoms with Crippen molar-refractivity contribution in [2.75, 3.05) is 6.54 Å². The highest BCUT2D eigenvalue weighted by Crippen LogP contribution is 1.96. The summed E-state index contributed by atoms with van der Waals surface area (Å²) in [6.45, 7) is 2.95. The third kappa shape index (κ3) is 4.54. The van der Waals surface area contributed by atoms with E-state index in [-0.39, 0.29) is 0 Å². The van der Waals surface area contributed by atoms with Crippen molar-refractivity contribution >= 4 is 30.1 Å². The number of hydrogen-bond acceptors (Lipinski definition) is 2. The highest BCUT2D eigenvalue weighted by molar-refractivity contribution is 7.84. The van der Waals surface area contributed by atoms with Gasteiger partial charge in [0, 0.05) is 6.54 Å². The Morgan fingerprint density at radius 1 is 1.78 bits per heavy atom. The van der Waals surface area contributed by atoms with Crippen molar-refractivity contribution in [2.45, 2.75) is 19.8 Å². The molecule has 0 atom stereocenters. The minimum absolute atomic E-state index is 0.354. The lowest BCUT2D eigenvalue weighted by atomic mass is 10.3. The van der Waals surface area contributed by atoms with Gasteiger partial charge in [-0.15, -0.1) is 0 Å². The van der Waals surface area contributed by atoms with E-state index in [1.54, 1.807) is 4.31 Å². The summed E-state index contributed by atoms with van der Waals surface area (Å²) in [5, 5.41) is 0.354. The molecule has 0 rings (SSSR count). The van der Waals surface area contributed by atoms with Gasteiger partial charge >= 0.3 is 0 Å². The monoisotopic (exact) mass is 164 g/mol. The molecule has 0 saturated heterocycles. The van der Waals surface area contributed by atoms with Gasteiger partial charge in [-0.1, -0.05) is 26.2 Å². The van der Waals surface area contributed by atoms with Crippen LogP contribution in [0, 0.1) is 0 Å². The molecule has 2 N–H and O–H groups in total. The third-order valence-electron chi connectivity index (χ3n) is 0.978. The molecule has 2 nitrogen and oxygen atoms in total. The van der Waals surface area contributed by atoms with Crippen LogP contribution < -0.4 is 5.73 Å². The molecule has 0 aromatic rings. The summed E-state index contributed by atoms with van der Waals surface area (Å²) in [6.07, 6.45) is 2.22. The average Bonchev–Trinajstić information content (AvgIpc) is 1.82. The van der Waals surface area contributed by atoms with Gasteiger partial charge < -0.3 is 5.73 Å². The summed E-state index contributed by atoms with van der Waals surface area (Å²) in [5.74, 6) is 0. The van der Waals surface area contributed by atoms with E-state index in [1.165, 1.54) is 0 Å². The first-order valence-corrected chi connectivity index (χ1v) is 3.75. The van der Waals surface area contributed by atoms with Crippen LogP contribution in [0.15, 0.2) is 0 Å². The van der Waals surface area contributed by atoms with E-state index in [0.717, 1.165) is 19.4 Å². The van der Waals surface area contributed by atoms with Crippen molar-refractivity contribution in [1.29, 1.82) is 0 Å². The maximum absolute atomic E-state index is 5.26. The minimum atomic E-state index is 0.354. The van der Waals surface area contributed by atoms with Crippen LogP contribution in [-0.4, -0.2) is 16.0 Å². The second-order valence-electron chi connectivity index (χ2n) is 1.81. The predicted octanol–water partition coefficient (Wildman–Crippen LogP) is 1.18. The Bertz CT molecular complexity index is 95.0. The fourth-order valence-electron chi connectivity index (χ4n) is 0.418. The van der Waals surface area contributed by atoms with Gasteiger partial charge in [0.1, 0.15) is 0 Å². The molecule has 0 spiro atoms. The highest BCUT2D eigenvalue weighted by Gasteiger charge is 1.96. The molecule has 0 aliphatic heterocycles. The molecule has 0 aliphatic rings. The van der Waals surface area contributed by atoms with Gasteiger partial charge in [0.05, 0.1) is 0 Å². The fraction of sp³-hybridized carbons (Fsp3) is 0.800. The van der Waals surface area contributed by atoms with Crippen LogP contribution in [-0.2, 0) is 0 Å². The van der Waals surface area contributed by atoms with Crippen molar-refractivity contribution in [3.05, 3.63) is 0 Å². The second-order valence-corrected chi connectivity index (χ2v) is 2.72. The maximum Gasteiger partial charge on any atom is 0.176 e. The lowest BCUT2D eigenvalue weighted by molar-refractivity contribution is 0.625. The predicted molar refractivity (Wildman–Crippen MR) is 47.4 cm³/mol. The molecule has 0 fully saturated rings. The fourth-order valence-corrected chi connectivity index (χ4v) is 0.651. The first-order valence-electron chi connectivity index (χ1n) is 2.94. The molecule has 0 heterocycles. The smallest absolute Gasteiger partial charge is 0.176 e. The van der Waals surface area contributed by atoms with Crippen molar-refractivity contribution in [3.8, 4) is 0 Å². The standard InChI is InChI=1S/C5H12N2S2/c1-2-3-4-7(9)5(6)8/h9H,2-4H2,1H3,(H2,6,8). The van der Waals surface area contributed by atoms with Gasteiger partial charge in [0.25, 0.3) is 0 Å². The average molecular weight is 164 g/mol. The van der Waals surface area contributed by atoms with Crippen LogP contribution in [0.3, 0.4) is 0 Å². The van der Waals surface area contributed by atoms with Crippen molar-refractivity contribution in [2.24, 2.45) is 5.73 Å². The Balaban J connectivity index is 3.27. The molecule has 0 amide bonds. The zero-order chi connectivity index (χ0) is 7.28. The molecule has 0 aromatic heterocycles. The first-order chi connectivity index (χ1) is 4.18. The minimum Gasteiger partial charge on any atom is -0.375 e. The molecule has 0 bridgehead atoms. The van der Waals surface area contributed by atoms with Gasteiger partial charge in [-0.05, 0) is 18.6 Å². The molecule has 54 valence electrons. The van der Waals surface area contributed by atoms with Crippen molar-refractivity contribution < 1.29 is 0 Å². The Hall–Kier alpha value is 0.0400. The number of nitrogens with zero attached hydrogens (tertiary/aromatic N) is 1. The van der Waals surface area contributed by atoms with Gasteiger partial charge in [-0.3, -0.25) is 4.31 Å². The topological polar surface area (TPSA) is 29.3 Å². The van der Waals surface area contributed by atoms with Crippen LogP contribution >= 0.6 is 25.0 Å². The van der Waals surface area contributed by atoms with Crippen molar-refractivity contribution in [3.63, 3.8) is 0 Å². The van der Waals surface area contributed by atoms with E-state index in [0.29, 0.717) is 5.11 Å². The van der Waals surface area contributed by atoms with Gasteiger partial charge in [-0.25, -0.2) is 0 Å². The lowest BCUT2D eigenvalue weighted by Crippen LogP contribution is -2.27. The summed E-state index contributed by atoms with van der Waals surface area (Å²) in [5.41, 5.74) is 5.26. The maximum atomic E-state index is 5.26. The number of nitrogens with two attached hydrogens (primary N) is 1. The summed E-state index contributed by atoms with van der Waals surface area (Å²) in [6, 6.07) is 0. The van der Waals surface area contributed by atoms with E-state index < -0.39 is 0 Å². The SMILES string of the molecule is CCCCN(S)C(N)=S. The van der Waals surface area contributed by atoms with E-state index in [1.807, 2.05) is 0 Å². The number of unbranched alkanes of at least 4 members (excludes halogenated alkanes) is 1. The normalized spacial score (nSPS) is 9.11. The van der Waals surface area contributed by atoms with Crippen LogP contribution in [0.2, 0.25) is 0 Å². The van der Waals surface area contributed by atoms with E-state index in [4.69, 9.17) is 5.73 Å². The van der Waals surface area contributed by atoms with Crippen LogP contribution in [0.1, 0.15) is 19.8 Å². The van der Waals surface area contributed by atoms with E-state index >= 15 is 0 Å². The number of thiol groups is 1. The number of rotatable bonds is 3. The lowest BCUT2D eigenvalue weighted by Gasteiger charge is -2.13. The van der Waals surface area contributed by atoms with Crippen LogP contribution in [0.25, 0.3) is 0 Å². The van der Waals surface area contributed by atoms with Crippen LogP contribution in [0.5, 0.6) is 0 Å². The Morgan fingerprint density at radius 3 is 2.67 bits per heavy atom. The summed E-state index contributed by atoms with van der Waals surface area (Å²) < 4.78 is 1.58. The Labute approximate surface area is 66.9 Å². The first kappa shape index (κ1) is 9.04. The molecule has 0 aliphatic carbocycles. The molecule has 4 heteroatoms. The van der Waals surface area contributed by atoms with E-state index in [9.17, 15) is 0 Å². The molecule has 0 aromatic carbocycles. The second kappa shape index (κ2) is 4.88. The number of thiocarbonyl (C=S) groups is 1. The zero-order valence-electron chi connectivity index (χ0n) is 5.50. The molecular weight excluding hydrogens is 152 g/mol. The quantitative estimate of drug-likeness (QED) is 0.485.